The second kappa shape index (κ2) is 11.1. The summed E-state index contributed by atoms with van der Waals surface area (Å²) < 4.78 is 7.65. The molecule has 210 valence electrons. The Morgan fingerprint density at radius 2 is 1.83 bits per heavy atom. The molecule has 2 unspecified atom stereocenters. The third kappa shape index (κ3) is 5.51. The molecule has 1 aliphatic heterocycles. The van der Waals surface area contributed by atoms with Crippen LogP contribution in [0, 0.1) is 5.41 Å². The Hall–Kier alpha value is -4.70. The first-order chi connectivity index (χ1) is 19.6. The number of aromatic carboxylic acids is 1. The van der Waals surface area contributed by atoms with E-state index in [4.69, 9.17) is 17.0 Å². The first-order valence-corrected chi connectivity index (χ1v) is 13.5. The number of rotatable bonds is 7. The van der Waals surface area contributed by atoms with Crippen molar-refractivity contribution >= 4 is 40.6 Å². The van der Waals surface area contributed by atoms with Gasteiger partial charge in [0, 0.05) is 40.9 Å². The fourth-order valence-corrected chi connectivity index (χ4v) is 5.18. The van der Waals surface area contributed by atoms with Crippen molar-refractivity contribution in [3.8, 4) is 11.4 Å². The Balaban J connectivity index is 1.62. The number of pyridine rings is 1. The molecule has 10 heteroatoms. The van der Waals surface area contributed by atoms with Crippen molar-refractivity contribution in [2.24, 2.45) is 5.41 Å². The van der Waals surface area contributed by atoms with Gasteiger partial charge in [0.2, 0.25) is 5.91 Å². The van der Waals surface area contributed by atoms with Crippen LogP contribution in [0.3, 0.4) is 0 Å². The van der Waals surface area contributed by atoms with Crippen LogP contribution in [0.1, 0.15) is 54.6 Å². The first-order valence-electron chi connectivity index (χ1n) is 13.1. The zero-order chi connectivity index (χ0) is 29.3. The van der Waals surface area contributed by atoms with Crippen molar-refractivity contribution in [1.29, 1.82) is 0 Å². The highest BCUT2D eigenvalue weighted by Crippen LogP contribution is 2.44. The Bertz CT molecular complexity index is 1610. The average Bonchev–Trinajstić information content (AvgIpc) is 3.57. The summed E-state index contributed by atoms with van der Waals surface area (Å²) in [6.07, 6.45) is 3.64. The summed E-state index contributed by atoms with van der Waals surface area (Å²) in [5, 5.41) is 16.5. The maximum Gasteiger partial charge on any atom is 0.335 e. The number of amides is 1. The molecule has 0 saturated carbocycles. The minimum Gasteiger partial charge on any atom is -0.494 e. The quantitative estimate of drug-likeness (QED) is 0.242. The van der Waals surface area contributed by atoms with E-state index in [1.807, 2.05) is 85.0 Å². The zero-order valence-corrected chi connectivity index (χ0v) is 24.0. The van der Waals surface area contributed by atoms with Crippen LogP contribution in [0.5, 0.6) is 5.75 Å². The second-order valence-electron chi connectivity index (χ2n) is 10.7. The first kappa shape index (κ1) is 27.9. The van der Waals surface area contributed by atoms with Gasteiger partial charge in [0.1, 0.15) is 11.8 Å². The molecule has 1 aliphatic rings. The lowest BCUT2D eigenvalue weighted by Crippen LogP contribution is -2.30. The van der Waals surface area contributed by atoms with Gasteiger partial charge in [-0.05, 0) is 66.8 Å². The number of methoxy groups -OCH3 is 1. The molecule has 2 aromatic heterocycles. The minimum absolute atomic E-state index is 0.128. The molecule has 41 heavy (non-hydrogen) atoms. The molecule has 1 saturated heterocycles. The van der Waals surface area contributed by atoms with Crippen LogP contribution in [-0.4, -0.2) is 38.8 Å². The molecule has 4 aromatic rings. The van der Waals surface area contributed by atoms with Crippen molar-refractivity contribution in [2.45, 2.75) is 32.9 Å². The van der Waals surface area contributed by atoms with E-state index in [9.17, 15) is 14.7 Å². The van der Waals surface area contributed by atoms with Gasteiger partial charge in [-0.2, -0.15) is 0 Å². The maximum absolute atomic E-state index is 12.7. The Morgan fingerprint density at radius 3 is 2.51 bits per heavy atom. The largest absolute Gasteiger partial charge is 0.494 e. The Labute approximate surface area is 243 Å². The summed E-state index contributed by atoms with van der Waals surface area (Å²) in [6, 6.07) is 21.3. The van der Waals surface area contributed by atoms with Gasteiger partial charge in [-0.25, -0.2) is 4.79 Å². The van der Waals surface area contributed by atoms with Gasteiger partial charge in [-0.15, -0.1) is 0 Å². The standard InChI is InChI=1S/C31H31N5O4S/c1-31(2,3)29(39)33-22-14-13-21(18-25(22)40-4)36-27(26(34-30(36)41)23-11-5-6-15-32-23)24-12-8-16-35(24)20-10-7-9-19(17-20)28(37)38/h5-18,26-27H,1-4H3,(H,33,39)(H,34,41)(H,37,38). The van der Waals surface area contributed by atoms with E-state index in [1.54, 1.807) is 37.6 Å². The lowest BCUT2D eigenvalue weighted by atomic mass is 9.95. The average molecular weight is 570 g/mol. The second-order valence-corrected chi connectivity index (χ2v) is 11.1. The van der Waals surface area contributed by atoms with Crippen molar-refractivity contribution in [2.75, 3.05) is 17.3 Å². The number of nitrogens with one attached hydrogen (secondary N) is 2. The molecule has 5 rings (SSSR count). The van der Waals surface area contributed by atoms with E-state index < -0.39 is 11.4 Å². The minimum atomic E-state index is -0.997. The zero-order valence-electron chi connectivity index (χ0n) is 23.2. The molecule has 0 spiro atoms. The number of ether oxygens (including phenoxy) is 1. The third-order valence-corrected chi connectivity index (χ3v) is 7.26. The number of thiocarbonyl (C=S) groups is 1. The van der Waals surface area contributed by atoms with E-state index in [0.29, 0.717) is 22.2 Å². The topological polar surface area (TPSA) is 109 Å². The number of carbonyl (C=O) groups is 2. The number of anilines is 2. The van der Waals surface area contributed by atoms with E-state index in [0.717, 1.165) is 17.1 Å². The third-order valence-electron chi connectivity index (χ3n) is 6.95. The van der Waals surface area contributed by atoms with Crippen LogP contribution in [0.2, 0.25) is 0 Å². The van der Waals surface area contributed by atoms with Gasteiger partial charge < -0.3 is 29.9 Å². The molecule has 0 radical (unpaired) electrons. The smallest absolute Gasteiger partial charge is 0.335 e. The predicted molar refractivity (Wildman–Crippen MR) is 162 cm³/mol. The van der Waals surface area contributed by atoms with Gasteiger partial charge in [-0.1, -0.05) is 32.9 Å². The number of hydrogen-bond donors (Lipinski definition) is 3. The molecule has 1 amide bonds. The van der Waals surface area contributed by atoms with Crippen LogP contribution in [-0.2, 0) is 4.79 Å². The molecular weight excluding hydrogens is 538 g/mol. The number of carbonyl (C=O) groups excluding carboxylic acids is 1. The van der Waals surface area contributed by atoms with Gasteiger partial charge in [0.25, 0.3) is 0 Å². The molecule has 3 N–H and O–H groups in total. The molecule has 2 aromatic carbocycles. The monoisotopic (exact) mass is 569 g/mol. The van der Waals surface area contributed by atoms with Gasteiger partial charge >= 0.3 is 5.97 Å². The van der Waals surface area contributed by atoms with Crippen molar-refractivity contribution in [3.63, 3.8) is 0 Å². The van der Waals surface area contributed by atoms with Crippen LogP contribution in [0.4, 0.5) is 11.4 Å². The molecule has 0 bridgehead atoms. The fraction of sp³-hybridized carbons (Fsp3) is 0.226. The molecule has 3 heterocycles. The SMILES string of the molecule is COc1cc(N2C(=S)NC(c3ccccn3)C2c2cccn2-c2cccc(C(=O)O)c2)ccc1NC(=O)C(C)(C)C. The van der Waals surface area contributed by atoms with Crippen LogP contribution < -0.4 is 20.3 Å². The predicted octanol–water partition coefficient (Wildman–Crippen LogP) is 5.74. The summed E-state index contributed by atoms with van der Waals surface area (Å²) in [5.41, 5.74) is 3.31. The van der Waals surface area contributed by atoms with Crippen molar-refractivity contribution in [3.05, 3.63) is 102 Å². The molecule has 2 atom stereocenters. The van der Waals surface area contributed by atoms with Gasteiger partial charge in [0.15, 0.2) is 5.11 Å². The van der Waals surface area contributed by atoms with E-state index in [-0.39, 0.29) is 23.6 Å². The Kier molecular flexibility index (Phi) is 7.51. The number of carboxylic acids is 1. The van der Waals surface area contributed by atoms with Crippen LogP contribution in [0.15, 0.2) is 85.2 Å². The summed E-state index contributed by atoms with van der Waals surface area (Å²) in [5.74, 6) is -0.633. The lowest BCUT2D eigenvalue weighted by Gasteiger charge is -2.29. The highest BCUT2D eigenvalue weighted by Gasteiger charge is 2.42. The van der Waals surface area contributed by atoms with E-state index in [2.05, 4.69) is 15.6 Å². The van der Waals surface area contributed by atoms with Gasteiger partial charge in [0.05, 0.1) is 30.1 Å². The number of carboxylic acid groups (broad SMARTS) is 1. The Morgan fingerprint density at radius 1 is 1.02 bits per heavy atom. The summed E-state index contributed by atoms with van der Waals surface area (Å²) >= 11 is 5.89. The van der Waals surface area contributed by atoms with Crippen molar-refractivity contribution in [1.82, 2.24) is 14.9 Å². The molecular formula is C31H31N5O4S. The lowest BCUT2D eigenvalue weighted by molar-refractivity contribution is -0.123. The summed E-state index contributed by atoms with van der Waals surface area (Å²) in [7, 11) is 1.56. The fourth-order valence-electron chi connectivity index (χ4n) is 4.84. The number of nitrogens with zero attached hydrogens (tertiary/aromatic N) is 3. The van der Waals surface area contributed by atoms with Gasteiger partial charge in [-0.3, -0.25) is 9.78 Å². The normalized spacial score (nSPS) is 16.8. The number of hydrogen-bond acceptors (Lipinski definition) is 5. The summed E-state index contributed by atoms with van der Waals surface area (Å²) in [4.78, 5) is 31.0. The number of benzene rings is 2. The molecule has 0 aliphatic carbocycles. The highest BCUT2D eigenvalue weighted by molar-refractivity contribution is 7.80. The maximum atomic E-state index is 12.7. The number of aromatic nitrogens is 2. The van der Waals surface area contributed by atoms with Crippen molar-refractivity contribution < 1.29 is 19.4 Å². The summed E-state index contributed by atoms with van der Waals surface area (Å²) in [6.45, 7) is 5.55. The van der Waals surface area contributed by atoms with Crippen LogP contribution in [0.25, 0.3) is 5.69 Å². The molecule has 9 nitrogen and oxygen atoms in total. The van der Waals surface area contributed by atoms with E-state index in [1.165, 1.54) is 0 Å². The highest BCUT2D eigenvalue weighted by atomic mass is 32.1. The molecule has 1 fully saturated rings. The van der Waals surface area contributed by atoms with Crippen LogP contribution >= 0.6 is 12.2 Å². The van der Waals surface area contributed by atoms with E-state index >= 15 is 0 Å².